The quantitative estimate of drug-likeness (QED) is 0.666. The Morgan fingerprint density at radius 3 is 2.54 bits per heavy atom. The van der Waals surface area contributed by atoms with Gasteiger partial charge in [0.2, 0.25) is 0 Å². The summed E-state index contributed by atoms with van der Waals surface area (Å²) in [5.74, 6) is -0.893. The number of hydrogen-bond donors (Lipinski definition) is 1. The van der Waals surface area contributed by atoms with Crippen LogP contribution in [0.3, 0.4) is 0 Å². The van der Waals surface area contributed by atoms with Crippen molar-refractivity contribution in [1.82, 2.24) is 4.90 Å². The number of carbonyl (C=O) groups is 3. The highest BCUT2D eigenvalue weighted by Gasteiger charge is 2.72. The Labute approximate surface area is 203 Å². The molecule has 2 aromatic rings. The van der Waals surface area contributed by atoms with Gasteiger partial charge in [-0.15, -0.1) is 0 Å². The number of benzene rings is 2. The fourth-order valence-corrected chi connectivity index (χ4v) is 6.53. The zero-order valence-electron chi connectivity index (χ0n) is 20.3. The molecule has 4 atom stereocenters. The Morgan fingerprint density at radius 2 is 1.86 bits per heavy atom. The molecular weight excluding hydrogens is 450 g/mol. The number of likely N-dealkylation sites (N-methyl/N-ethyl adjacent to an activating group) is 1. The van der Waals surface area contributed by atoms with Crippen LogP contribution in [0.5, 0.6) is 11.5 Å². The van der Waals surface area contributed by atoms with E-state index in [9.17, 15) is 19.5 Å². The number of aryl methyl sites for hydroxylation is 1. The molecule has 0 aromatic heterocycles. The Bertz CT molecular complexity index is 1240. The Kier molecular flexibility index (Phi) is 5.40. The molecule has 1 spiro atoms. The molecule has 2 heterocycles. The van der Waals surface area contributed by atoms with Gasteiger partial charge >= 0.3 is 11.9 Å². The lowest BCUT2D eigenvalue weighted by atomic mass is 9.52. The summed E-state index contributed by atoms with van der Waals surface area (Å²) in [5.41, 5.74) is -0.404. The zero-order valence-corrected chi connectivity index (χ0v) is 20.3. The van der Waals surface area contributed by atoms with Crippen molar-refractivity contribution in [2.24, 2.45) is 0 Å². The summed E-state index contributed by atoms with van der Waals surface area (Å²) in [7, 11) is 3.53. The maximum Gasteiger partial charge on any atom is 0.339 e. The number of likely N-dealkylation sites (tertiary alicyclic amines) is 1. The van der Waals surface area contributed by atoms with Gasteiger partial charge in [0, 0.05) is 18.0 Å². The van der Waals surface area contributed by atoms with E-state index in [0.29, 0.717) is 30.9 Å². The maximum absolute atomic E-state index is 13.7. The molecule has 8 nitrogen and oxygen atoms in total. The minimum Gasteiger partial charge on any atom is -0.493 e. The van der Waals surface area contributed by atoms with Crippen molar-refractivity contribution in [3.8, 4) is 11.5 Å². The second kappa shape index (κ2) is 8.09. The van der Waals surface area contributed by atoms with Gasteiger partial charge in [-0.2, -0.15) is 0 Å². The number of carboxylic acid groups (broad SMARTS) is 1. The van der Waals surface area contributed by atoms with E-state index in [2.05, 4.69) is 4.90 Å². The fourth-order valence-electron chi connectivity index (χ4n) is 6.53. The predicted octanol–water partition coefficient (Wildman–Crippen LogP) is 3.38. The van der Waals surface area contributed by atoms with Crippen molar-refractivity contribution >= 4 is 17.7 Å². The summed E-state index contributed by atoms with van der Waals surface area (Å²) in [6.07, 6.45) is 0.223. The molecule has 2 aromatic carbocycles. The summed E-state index contributed by atoms with van der Waals surface area (Å²) in [4.78, 5) is 41.0. The summed E-state index contributed by atoms with van der Waals surface area (Å²) >= 11 is 0. The zero-order chi connectivity index (χ0) is 25.1. The van der Waals surface area contributed by atoms with Gasteiger partial charge < -0.3 is 19.3 Å². The topological polar surface area (TPSA) is 102 Å². The first-order valence-electron chi connectivity index (χ1n) is 11.8. The number of hydrogen-bond acceptors (Lipinski definition) is 7. The molecule has 35 heavy (non-hydrogen) atoms. The number of rotatable bonds is 4. The Morgan fingerprint density at radius 1 is 1.14 bits per heavy atom. The van der Waals surface area contributed by atoms with E-state index in [1.165, 1.54) is 12.1 Å². The second-order valence-electron chi connectivity index (χ2n) is 9.76. The van der Waals surface area contributed by atoms with E-state index in [0.717, 1.165) is 11.1 Å². The van der Waals surface area contributed by atoms with Gasteiger partial charge in [-0.1, -0.05) is 18.2 Å². The normalized spacial score (nSPS) is 29.4. The highest BCUT2D eigenvalue weighted by Crippen LogP contribution is 2.63. The molecule has 3 aliphatic rings. The lowest BCUT2D eigenvalue weighted by Gasteiger charge is -2.60. The van der Waals surface area contributed by atoms with Gasteiger partial charge in [-0.25, -0.2) is 9.59 Å². The van der Waals surface area contributed by atoms with Crippen LogP contribution in [0.2, 0.25) is 0 Å². The van der Waals surface area contributed by atoms with E-state index in [1.54, 1.807) is 19.2 Å². The van der Waals surface area contributed by atoms with Crippen molar-refractivity contribution in [3.05, 3.63) is 58.7 Å². The number of esters is 1. The largest absolute Gasteiger partial charge is 0.493 e. The number of aromatic carboxylic acids is 1. The number of nitrogens with zero attached hydrogens (tertiary/aromatic N) is 1. The molecular formula is C27H29NO7. The van der Waals surface area contributed by atoms with Crippen molar-refractivity contribution in [2.75, 3.05) is 20.7 Å². The molecule has 1 N–H and O–H groups in total. The third kappa shape index (κ3) is 3.05. The van der Waals surface area contributed by atoms with Gasteiger partial charge in [-0.3, -0.25) is 9.69 Å². The van der Waals surface area contributed by atoms with Crippen LogP contribution in [0, 0.1) is 6.92 Å². The number of carbonyl (C=O) groups excluding carboxylic acids is 2. The summed E-state index contributed by atoms with van der Waals surface area (Å²) < 4.78 is 18.4. The molecule has 1 aliphatic carbocycles. The van der Waals surface area contributed by atoms with E-state index in [4.69, 9.17) is 14.2 Å². The first-order valence-corrected chi connectivity index (χ1v) is 11.8. The molecule has 1 saturated heterocycles. The molecule has 1 saturated carbocycles. The van der Waals surface area contributed by atoms with Gasteiger partial charge in [0.05, 0.1) is 23.7 Å². The Balaban J connectivity index is 1.73. The monoisotopic (exact) mass is 479 g/mol. The minimum atomic E-state index is -1.20. The molecule has 0 radical (unpaired) electrons. The van der Waals surface area contributed by atoms with Crippen LogP contribution < -0.4 is 9.47 Å². The van der Waals surface area contributed by atoms with Crippen LogP contribution in [0.15, 0.2) is 36.4 Å². The van der Waals surface area contributed by atoms with Gasteiger partial charge in [0.1, 0.15) is 5.60 Å². The van der Waals surface area contributed by atoms with E-state index in [1.807, 2.05) is 33.0 Å². The number of methoxy groups -OCH3 is 1. The van der Waals surface area contributed by atoms with Crippen LogP contribution in [-0.4, -0.2) is 66.2 Å². The lowest BCUT2D eigenvalue weighted by molar-refractivity contribution is -0.180. The van der Waals surface area contributed by atoms with Crippen LogP contribution in [-0.2, 0) is 14.9 Å². The number of piperidine rings is 1. The van der Waals surface area contributed by atoms with Gasteiger partial charge in [0.15, 0.2) is 23.4 Å². The van der Waals surface area contributed by atoms with Crippen LogP contribution in [0.25, 0.3) is 0 Å². The van der Waals surface area contributed by atoms with E-state index in [-0.39, 0.29) is 29.4 Å². The Hall–Kier alpha value is -3.39. The third-order valence-electron chi connectivity index (χ3n) is 8.32. The minimum absolute atomic E-state index is 0.0140. The van der Waals surface area contributed by atoms with Gasteiger partial charge in [0.25, 0.3) is 0 Å². The second-order valence-corrected chi connectivity index (χ2v) is 9.76. The number of ether oxygens (including phenoxy) is 3. The molecule has 0 unspecified atom stereocenters. The first kappa shape index (κ1) is 23.4. The predicted molar refractivity (Wildman–Crippen MR) is 126 cm³/mol. The van der Waals surface area contributed by atoms with Crippen molar-refractivity contribution in [3.63, 3.8) is 0 Å². The van der Waals surface area contributed by atoms with E-state index >= 15 is 0 Å². The summed E-state index contributed by atoms with van der Waals surface area (Å²) in [5, 5.41) is 9.66. The SMILES string of the molecule is COc1ccc(C)c2c1O[C@H]1C(=O)CC[C@@]3(OC(=O)c4ccccc4C(=O)O)[C@@H](C)N(C)CC[C@]213. The summed E-state index contributed by atoms with van der Waals surface area (Å²) in [6, 6.07) is 9.54. The fraction of sp³-hybridized carbons (Fsp3) is 0.444. The number of Topliss-reactive ketones (excluding diaryl/α,β-unsaturated/α-hetero) is 1. The van der Waals surface area contributed by atoms with Gasteiger partial charge in [-0.05, 0) is 64.0 Å². The smallest absolute Gasteiger partial charge is 0.339 e. The first-order chi connectivity index (χ1) is 16.7. The van der Waals surface area contributed by atoms with E-state index < -0.39 is 29.1 Å². The number of carboxylic acids is 1. The van der Waals surface area contributed by atoms with Crippen LogP contribution >= 0.6 is 0 Å². The molecule has 2 fully saturated rings. The van der Waals surface area contributed by atoms with Crippen molar-refractivity contribution < 1.29 is 33.7 Å². The number of fused-ring (bicyclic) bond motifs is 1. The standard InChI is InChI=1S/C27H29NO7/c1-15-9-10-20(33-4)22-21(15)26-13-14-28(3)16(2)27(26,12-11-19(29)23(26)34-22)35-25(32)18-8-6-5-7-17(18)24(30)31/h5-10,16,23H,11-14H2,1-4H3,(H,30,31)/t16-,23+,26+,27-/m1/s1. The average Bonchev–Trinajstić information content (AvgIpc) is 3.21. The summed E-state index contributed by atoms with van der Waals surface area (Å²) in [6.45, 7) is 4.64. The molecule has 184 valence electrons. The molecule has 0 bridgehead atoms. The van der Waals surface area contributed by atoms with Crippen molar-refractivity contribution in [1.29, 1.82) is 0 Å². The van der Waals surface area contributed by atoms with Crippen molar-refractivity contribution in [2.45, 2.75) is 56.3 Å². The third-order valence-corrected chi connectivity index (χ3v) is 8.32. The van der Waals surface area contributed by atoms with Crippen LogP contribution in [0.4, 0.5) is 0 Å². The molecule has 8 heteroatoms. The molecule has 5 rings (SSSR count). The number of ketones is 1. The van der Waals surface area contributed by atoms with Crippen LogP contribution in [0.1, 0.15) is 58.0 Å². The maximum atomic E-state index is 13.7. The molecule has 2 aliphatic heterocycles. The molecule has 0 amide bonds. The highest BCUT2D eigenvalue weighted by atomic mass is 16.6. The lowest BCUT2D eigenvalue weighted by Crippen LogP contribution is -2.74. The average molecular weight is 480 g/mol. The highest BCUT2D eigenvalue weighted by molar-refractivity contribution is 6.02.